The summed E-state index contributed by atoms with van der Waals surface area (Å²) in [7, 11) is 0. The van der Waals surface area contributed by atoms with E-state index in [0.29, 0.717) is 19.3 Å². The van der Waals surface area contributed by atoms with Gasteiger partial charge in [-0.1, -0.05) is 198 Å². The molecule has 6 nitrogen and oxygen atoms in total. The number of unbranched alkanes of at least 4 members (excludes halogenated alkanes) is 24. The van der Waals surface area contributed by atoms with E-state index in [4.69, 9.17) is 4.74 Å². The van der Waals surface area contributed by atoms with Crippen LogP contribution in [0, 0.1) is 0 Å². The maximum absolute atomic E-state index is 13.1. The van der Waals surface area contributed by atoms with Crippen LogP contribution in [0.1, 0.15) is 239 Å². The summed E-state index contributed by atoms with van der Waals surface area (Å²) in [5.41, 5.74) is 0. The normalized spacial score (nSPS) is 13.7. The Hall–Kier alpha value is -2.18. The van der Waals surface area contributed by atoms with E-state index in [2.05, 4.69) is 74.7 Å². The van der Waals surface area contributed by atoms with Gasteiger partial charge in [-0.15, -0.1) is 0 Å². The number of esters is 1. The van der Waals surface area contributed by atoms with Crippen LogP contribution in [0.25, 0.3) is 0 Å². The fraction of sp³-hybridized carbons (Fsp3) is 0.804. The molecule has 0 saturated heterocycles. The molecule has 0 heterocycles. The molecule has 3 atom stereocenters. The summed E-state index contributed by atoms with van der Waals surface area (Å²) >= 11 is 0. The van der Waals surface area contributed by atoms with Crippen molar-refractivity contribution in [2.75, 3.05) is 6.61 Å². The maximum atomic E-state index is 13.1. The topological polar surface area (TPSA) is 95.9 Å². The Morgan fingerprint density at radius 2 is 1.00 bits per heavy atom. The van der Waals surface area contributed by atoms with Crippen molar-refractivity contribution in [2.45, 2.75) is 257 Å². The van der Waals surface area contributed by atoms with Crippen molar-refractivity contribution in [1.82, 2.24) is 5.32 Å². The highest BCUT2D eigenvalue weighted by Gasteiger charge is 2.24. The second-order valence-corrected chi connectivity index (χ2v) is 16.5. The van der Waals surface area contributed by atoms with Crippen LogP contribution in [0.3, 0.4) is 0 Å². The molecule has 1 amide bonds. The molecule has 0 saturated carbocycles. The van der Waals surface area contributed by atoms with Gasteiger partial charge in [-0.25, -0.2) is 0 Å². The minimum absolute atomic E-state index is 0.0573. The SMILES string of the molecule is CC/C=C/C/C=C/CCCCCCCC(CC(=O)NC(CO)C(O)CCCCCCCCCCCC)OC(=O)CCCCC/C=C/C=C/CCCCCCCCC. The average molecular weight is 800 g/mol. The molecule has 332 valence electrons. The molecule has 0 aromatic heterocycles. The number of ether oxygens (including phenoxy) is 1. The molecule has 0 aliphatic carbocycles. The zero-order valence-electron chi connectivity index (χ0n) is 37.7. The number of nitrogens with one attached hydrogen (secondary N) is 1. The number of amides is 1. The monoisotopic (exact) mass is 800 g/mol. The fourth-order valence-corrected chi connectivity index (χ4v) is 7.22. The van der Waals surface area contributed by atoms with E-state index in [-0.39, 0.29) is 24.9 Å². The first-order valence-corrected chi connectivity index (χ1v) is 24.4. The van der Waals surface area contributed by atoms with Crippen molar-refractivity contribution < 1.29 is 24.5 Å². The molecule has 0 bridgehead atoms. The number of aliphatic hydroxyl groups is 2. The standard InChI is InChI=1S/C51H93NO5/c1-4-7-10-13-16-19-22-24-25-26-27-29-32-35-38-41-44-51(56)57-47(42-39-36-33-30-28-23-20-17-14-11-8-5-2)45-50(55)52-48(46-53)49(54)43-40-37-34-31-21-18-15-12-9-6-3/h8,11,17,20,25-27,29,47-49,53-54H,4-7,9-10,12-16,18-19,21-24,28,30-46H2,1-3H3,(H,52,55)/b11-8+,20-17+,26-25+,29-27+. The van der Waals surface area contributed by atoms with Gasteiger partial charge >= 0.3 is 5.97 Å². The third-order valence-electron chi connectivity index (χ3n) is 10.9. The molecule has 3 N–H and O–H groups in total. The molecule has 0 aliphatic rings. The van der Waals surface area contributed by atoms with Crippen molar-refractivity contribution in [3.63, 3.8) is 0 Å². The predicted octanol–water partition coefficient (Wildman–Crippen LogP) is 14.3. The van der Waals surface area contributed by atoms with Crippen molar-refractivity contribution in [3.8, 4) is 0 Å². The van der Waals surface area contributed by atoms with Crippen molar-refractivity contribution in [3.05, 3.63) is 48.6 Å². The lowest BCUT2D eigenvalue weighted by Gasteiger charge is -2.24. The van der Waals surface area contributed by atoms with Crippen LogP contribution < -0.4 is 5.32 Å². The molecule has 57 heavy (non-hydrogen) atoms. The highest BCUT2D eigenvalue weighted by Crippen LogP contribution is 2.17. The highest BCUT2D eigenvalue weighted by molar-refractivity contribution is 5.77. The van der Waals surface area contributed by atoms with Crippen LogP contribution in [0.15, 0.2) is 48.6 Å². The van der Waals surface area contributed by atoms with Crippen molar-refractivity contribution in [1.29, 1.82) is 0 Å². The van der Waals surface area contributed by atoms with Crippen molar-refractivity contribution in [2.24, 2.45) is 0 Å². The van der Waals surface area contributed by atoms with E-state index in [0.717, 1.165) is 89.9 Å². The van der Waals surface area contributed by atoms with Gasteiger partial charge in [-0.3, -0.25) is 9.59 Å². The summed E-state index contributed by atoms with van der Waals surface area (Å²) in [6.45, 7) is 6.34. The van der Waals surface area contributed by atoms with Gasteiger partial charge in [-0.2, -0.15) is 0 Å². The lowest BCUT2D eigenvalue weighted by Crippen LogP contribution is -2.46. The van der Waals surface area contributed by atoms with E-state index in [1.807, 2.05) is 0 Å². The Morgan fingerprint density at radius 3 is 1.53 bits per heavy atom. The van der Waals surface area contributed by atoms with Gasteiger partial charge in [0.25, 0.3) is 0 Å². The first-order chi connectivity index (χ1) is 28.0. The van der Waals surface area contributed by atoms with E-state index in [1.165, 1.54) is 103 Å². The summed E-state index contributed by atoms with van der Waals surface area (Å²) in [5.74, 6) is -0.519. The number of aliphatic hydroxyl groups excluding tert-OH is 2. The maximum Gasteiger partial charge on any atom is 0.306 e. The smallest absolute Gasteiger partial charge is 0.306 e. The minimum Gasteiger partial charge on any atom is -0.462 e. The molecular formula is C51H93NO5. The van der Waals surface area contributed by atoms with Gasteiger partial charge in [0, 0.05) is 6.42 Å². The Kier molecular flexibility index (Phi) is 43.2. The van der Waals surface area contributed by atoms with Crippen LogP contribution in [-0.2, 0) is 14.3 Å². The number of rotatable bonds is 43. The van der Waals surface area contributed by atoms with Crippen LogP contribution in [0.2, 0.25) is 0 Å². The molecular weight excluding hydrogens is 707 g/mol. The summed E-state index contributed by atoms with van der Waals surface area (Å²) in [6.07, 6.45) is 53.1. The summed E-state index contributed by atoms with van der Waals surface area (Å²) < 4.78 is 5.90. The number of allylic oxidation sites excluding steroid dienone is 8. The lowest BCUT2D eigenvalue weighted by molar-refractivity contribution is -0.151. The third kappa shape index (κ3) is 40.4. The van der Waals surface area contributed by atoms with Crippen LogP contribution in [0.5, 0.6) is 0 Å². The predicted molar refractivity (Wildman–Crippen MR) is 245 cm³/mol. The fourth-order valence-electron chi connectivity index (χ4n) is 7.22. The summed E-state index contributed by atoms with van der Waals surface area (Å²) in [6, 6.07) is -0.709. The Bertz CT molecular complexity index is 988. The van der Waals surface area contributed by atoms with E-state index in [1.54, 1.807) is 0 Å². The van der Waals surface area contributed by atoms with E-state index < -0.39 is 18.2 Å². The third-order valence-corrected chi connectivity index (χ3v) is 10.9. The molecule has 0 radical (unpaired) electrons. The van der Waals surface area contributed by atoms with Gasteiger partial charge in [0.05, 0.1) is 25.2 Å². The zero-order chi connectivity index (χ0) is 41.7. The molecule has 6 heteroatoms. The van der Waals surface area contributed by atoms with Crippen molar-refractivity contribution >= 4 is 11.9 Å². The molecule has 0 spiro atoms. The quantitative estimate of drug-likeness (QED) is 0.0247. The first kappa shape index (κ1) is 54.8. The number of carbonyl (C=O) groups is 2. The van der Waals surface area contributed by atoms with E-state index >= 15 is 0 Å². The summed E-state index contributed by atoms with van der Waals surface area (Å²) in [5, 5.41) is 23.6. The number of hydrogen-bond acceptors (Lipinski definition) is 5. The van der Waals surface area contributed by atoms with Crippen LogP contribution in [0.4, 0.5) is 0 Å². The molecule has 0 aromatic rings. The summed E-state index contributed by atoms with van der Waals surface area (Å²) in [4.78, 5) is 26.0. The second kappa shape index (κ2) is 44.9. The lowest BCUT2D eigenvalue weighted by atomic mass is 10.0. The van der Waals surface area contributed by atoms with Crippen LogP contribution in [-0.4, -0.2) is 46.9 Å². The number of hydrogen-bond donors (Lipinski definition) is 3. The molecule has 0 rings (SSSR count). The molecule has 0 aromatic carbocycles. The molecule has 0 fully saturated rings. The minimum atomic E-state index is -0.794. The van der Waals surface area contributed by atoms with Gasteiger partial charge in [0.2, 0.25) is 5.91 Å². The Labute approximate surface area is 353 Å². The van der Waals surface area contributed by atoms with Crippen LogP contribution >= 0.6 is 0 Å². The molecule has 3 unspecified atom stereocenters. The van der Waals surface area contributed by atoms with Gasteiger partial charge in [0.1, 0.15) is 6.10 Å². The second-order valence-electron chi connectivity index (χ2n) is 16.5. The largest absolute Gasteiger partial charge is 0.462 e. The first-order valence-electron chi connectivity index (χ1n) is 24.4. The highest BCUT2D eigenvalue weighted by atomic mass is 16.5. The van der Waals surface area contributed by atoms with Gasteiger partial charge < -0.3 is 20.3 Å². The Balaban J connectivity index is 4.63. The Morgan fingerprint density at radius 1 is 0.544 bits per heavy atom. The zero-order valence-corrected chi connectivity index (χ0v) is 37.7. The number of carbonyl (C=O) groups excluding carboxylic acids is 2. The van der Waals surface area contributed by atoms with E-state index in [9.17, 15) is 19.8 Å². The van der Waals surface area contributed by atoms with Gasteiger partial charge in [0.15, 0.2) is 0 Å². The average Bonchev–Trinajstić information content (AvgIpc) is 3.20. The molecule has 0 aliphatic heterocycles. The van der Waals surface area contributed by atoms with Gasteiger partial charge in [-0.05, 0) is 77.0 Å².